The van der Waals surface area contributed by atoms with Gasteiger partial charge in [-0.1, -0.05) is 37.1 Å². The van der Waals surface area contributed by atoms with Gasteiger partial charge in [-0.05, 0) is 48.1 Å². The lowest BCUT2D eigenvalue weighted by Gasteiger charge is -2.15. The molecule has 5 nitrogen and oxygen atoms in total. The number of ether oxygens (including phenoxy) is 1. The molecule has 2 aliphatic rings. The zero-order valence-corrected chi connectivity index (χ0v) is 15.8. The van der Waals surface area contributed by atoms with Crippen molar-refractivity contribution in [1.29, 1.82) is 0 Å². The van der Waals surface area contributed by atoms with Crippen molar-refractivity contribution in [2.75, 3.05) is 19.0 Å². The van der Waals surface area contributed by atoms with E-state index in [0.29, 0.717) is 12.0 Å². The summed E-state index contributed by atoms with van der Waals surface area (Å²) in [6.45, 7) is 2.10. The molecule has 3 rings (SSSR count). The minimum atomic E-state index is -3.22. The van der Waals surface area contributed by atoms with E-state index in [-0.39, 0.29) is 30.8 Å². The summed E-state index contributed by atoms with van der Waals surface area (Å²) >= 11 is 0. The SMILES string of the molecule is CCC/C(=C\c1cccc(O)c1)CC[C@H]1OC[C@H]2C1=C(CO)CS2(=O)=O. The van der Waals surface area contributed by atoms with Gasteiger partial charge in [0.1, 0.15) is 11.0 Å². The van der Waals surface area contributed by atoms with Crippen molar-refractivity contribution in [1.82, 2.24) is 0 Å². The van der Waals surface area contributed by atoms with E-state index in [9.17, 15) is 18.6 Å². The number of phenols is 1. The number of sulfone groups is 1. The zero-order chi connectivity index (χ0) is 18.7. The average molecular weight is 378 g/mol. The molecule has 2 heterocycles. The van der Waals surface area contributed by atoms with Gasteiger partial charge in [0.05, 0.1) is 25.1 Å². The fourth-order valence-corrected chi connectivity index (χ4v) is 5.84. The second-order valence-electron chi connectivity index (χ2n) is 7.02. The van der Waals surface area contributed by atoms with Gasteiger partial charge in [-0.15, -0.1) is 0 Å². The van der Waals surface area contributed by atoms with E-state index in [2.05, 4.69) is 13.0 Å². The number of hydrogen-bond acceptors (Lipinski definition) is 5. The first-order chi connectivity index (χ1) is 12.4. The number of hydrogen-bond donors (Lipinski definition) is 2. The smallest absolute Gasteiger partial charge is 0.163 e. The Morgan fingerprint density at radius 2 is 2.15 bits per heavy atom. The number of allylic oxidation sites excluding steroid dienone is 1. The van der Waals surface area contributed by atoms with E-state index in [4.69, 9.17) is 4.74 Å². The minimum Gasteiger partial charge on any atom is -0.508 e. The van der Waals surface area contributed by atoms with Crippen LogP contribution in [0.3, 0.4) is 0 Å². The second-order valence-corrected chi connectivity index (χ2v) is 9.20. The van der Waals surface area contributed by atoms with Crippen LogP contribution in [-0.2, 0) is 14.6 Å². The van der Waals surface area contributed by atoms with Gasteiger partial charge >= 0.3 is 0 Å². The fraction of sp³-hybridized carbons (Fsp3) is 0.500. The molecule has 0 aliphatic carbocycles. The molecule has 1 fully saturated rings. The molecule has 6 heteroatoms. The van der Waals surface area contributed by atoms with Crippen molar-refractivity contribution in [2.45, 2.75) is 44.0 Å². The van der Waals surface area contributed by atoms with Crippen LogP contribution in [0.5, 0.6) is 5.75 Å². The maximum absolute atomic E-state index is 12.2. The zero-order valence-electron chi connectivity index (χ0n) is 15.0. The van der Waals surface area contributed by atoms with Gasteiger partial charge in [-0.2, -0.15) is 0 Å². The highest BCUT2D eigenvalue weighted by Crippen LogP contribution is 2.38. The highest BCUT2D eigenvalue weighted by atomic mass is 32.2. The van der Waals surface area contributed by atoms with E-state index in [0.717, 1.165) is 30.4 Å². The van der Waals surface area contributed by atoms with Crippen molar-refractivity contribution >= 4 is 15.9 Å². The molecule has 26 heavy (non-hydrogen) atoms. The van der Waals surface area contributed by atoms with Gasteiger partial charge < -0.3 is 14.9 Å². The van der Waals surface area contributed by atoms with E-state index >= 15 is 0 Å². The molecule has 2 atom stereocenters. The van der Waals surface area contributed by atoms with Gasteiger partial charge in [0, 0.05) is 0 Å². The van der Waals surface area contributed by atoms with Crippen LogP contribution in [0.2, 0.25) is 0 Å². The molecule has 142 valence electrons. The number of phenolic OH excluding ortho intramolecular Hbond substituents is 1. The molecular weight excluding hydrogens is 352 g/mol. The Bertz CT molecular complexity index is 822. The van der Waals surface area contributed by atoms with Crippen LogP contribution in [0.25, 0.3) is 6.08 Å². The number of aliphatic hydroxyl groups excluding tert-OH is 1. The van der Waals surface area contributed by atoms with E-state index in [1.54, 1.807) is 12.1 Å². The molecule has 0 spiro atoms. The Hall–Kier alpha value is -1.63. The molecule has 0 saturated carbocycles. The van der Waals surface area contributed by atoms with Crippen LogP contribution in [0.1, 0.15) is 38.2 Å². The third-order valence-electron chi connectivity index (χ3n) is 5.09. The van der Waals surface area contributed by atoms with Gasteiger partial charge in [-0.25, -0.2) is 8.42 Å². The Morgan fingerprint density at radius 1 is 1.35 bits per heavy atom. The summed E-state index contributed by atoms with van der Waals surface area (Å²) in [5.41, 5.74) is 3.61. The summed E-state index contributed by atoms with van der Waals surface area (Å²) in [7, 11) is -3.22. The van der Waals surface area contributed by atoms with E-state index < -0.39 is 15.1 Å². The molecule has 0 aromatic heterocycles. The lowest BCUT2D eigenvalue weighted by atomic mass is 9.95. The highest BCUT2D eigenvalue weighted by molar-refractivity contribution is 7.92. The van der Waals surface area contributed by atoms with Crippen LogP contribution < -0.4 is 0 Å². The third-order valence-corrected chi connectivity index (χ3v) is 7.10. The standard InChI is InChI=1S/C20H26O5S/c1-2-4-14(9-15-5-3-6-17(22)10-15)7-8-18-20-16(11-21)13-26(23,24)19(20)12-25-18/h3,5-6,9-10,18-19,21-22H,2,4,7-8,11-13H2,1H3/b14-9+/t18-,19+/m1/s1. The predicted octanol–water partition coefficient (Wildman–Crippen LogP) is 2.84. The maximum Gasteiger partial charge on any atom is 0.163 e. The normalized spacial score (nSPS) is 24.9. The summed E-state index contributed by atoms with van der Waals surface area (Å²) in [5, 5.41) is 18.6. The van der Waals surface area contributed by atoms with E-state index in [1.165, 1.54) is 5.57 Å². The number of aliphatic hydroxyl groups is 1. The first-order valence-electron chi connectivity index (χ1n) is 9.09. The van der Waals surface area contributed by atoms with Crippen molar-refractivity contribution < 1.29 is 23.4 Å². The maximum atomic E-state index is 12.2. The monoisotopic (exact) mass is 378 g/mol. The largest absolute Gasteiger partial charge is 0.508 e. The molecule has 1 aromatic rings. The number of benzene rings is 1. The van der Waals surface area contributed by atoms with Crippen LogP contribution in [-0.4, -0.2) is 49.0 Å². The van der Waals surface area contributed by atoms with Crippen LogP contribution in [0, 0.1) is 0 Å². The molecule has 2 N–H and O–H groups in total. The molecule has 1 aromatic carbocycles. The highest BCUT2D eigenvalue weighted by Gasteiger charge is 2.46. The quantitative estimate of drug-likeness (QED) is 0.713. The number of aromatic hydroxyl groups is 1. The topological polar surface area (TPSA) is 83.8 Å². The Labute approximate surface area is 154 Å². The molecule has 0 bridgehead atoms. The number of fused-ring (bicyclic) bond motifs is 1. The van der Waals surface area contributed by atoms with Crippen LogP contribution in [0.4, 0.5) is 0 Å². The molecular formula is C20H26O5S. The van der Waals surface area contributed by atoms with Crippen molar-refractivity contribution in [3.63, 3.8) is 0 Å². The second kappa shape index (κ2) is 7.94. The lowest BCUT2D eigenvalue weighted by molar-refractivity contribution is 0.117. The van der Waals surface area contributed by atoms with E-state index in [1.807, 2.05) is 12.1 Å². The van der Waals surface area contributed by atoms with Gasteiger partial charge in [0.15, 0.2) is 9.84 Å². The minimum absolute atomic E-state index is 0.0374. The molecule has 1 saturated heterocycles. The molecule has 0 amide bonds. The first kappa shape index (κ1) is 19.1. The van der Waals surface area contributed by atoms with Crippen molar-refractivity contribution in [2.24, 2.45) is 0 Å². The first-order valence-corrected chi connectivity index (χ1v) is 10.8. The van der Waals surface area contributed by atoms with Gasteiger partial charge in [0.25, 0.3) is 0 Å². The predicted molar refractivity (Wildman–Crippen MR) is 102 cm³/mol. The third kappa shape index (κ3) is 4.03. The Kier molecular flexibility index (Phi) is 5.85. The number of rotatable bonds is 7. The molecule has 0 radical (unpaired) electrons. The Balaban J connectivity index is 1.74. The lowest BCUT2D eigenvalue weighted by Crippen LogP contribution is -2.19. The van der Waals surface area contributed by atoms with Gasteiger partial charge in [-0.3, -0.25) is 0 Å². The van der Waals surface area contributed by atoms with Crippen molar-refractivity contribution in [3.8, 4) is 5.75 Å². The Morgan fingerprint density at radius 3 is 2.85 bits per heavy atom. The van der Waals surface area contributed by atoms with Gasteiger partial charge in [0.2, 0.25) is 0 Å². The summed E-state index contributed by atoms with van der Waals surface area (Å²) in [4.78, 5) is 0. The summed E-state index contributed by atoms with van der Waals surface area (Å²) in [5.74, 6) is 0.204. The molecule has 0 unspecified atom stereocenters. The summed E-state index contributed by atoms with van der Waals surface area (Å²) in [6.07, 6.45) is 5.30. The van der Waals surface area contributed by atoms with Crippen LogP contribution in [0.15, 0.2) is 41.0 Å². The van der Waals surface area contributed by atoms with Crippen LogP contribution >= 0.6 is 0 Å². The summed E-state index contributed by atoms with van der Waals surface area (Å²) in [6, 6.07) is 7.14. The summed E-state index contributed by atoms with van der Waals surface area (Å²) < 4.78 is 30.2. The fourth-order valence-electron chi connectivity index (χ4n) is 3.90. The molecule has 2 aliphatic heterocycles. The van der Waals surface area contributed by atoms with Crippen molar-refractivity contribution in [3.05, 3.63) is 46.5 Å². The average Bonchev–Trinajstić information content (AvgIpc) is 3.12.